The predicted octanol–water partition coefficient (Wildman–Crippen LogP) is 5.15. The summed E-state index contributed by atoms with van der Waals surface area (Å²) in [5, 5.41) is 0. The molecular formula is C17H30O. The third-order valence-electron chi connectivity index (χ3n) is 5.56. The van der Waals surface area contributed by atoms with Gasteiger partial charge in [0.05, 0.1) is 0 Å². The van der Waals surface area contributed by atoms with Gasteiger partial charge < -0.3 is 0 Å². The van der Waals surface area contributed by atoms with E-state index < -0.39 is 0 Å². The topological polar surface area (TPSA) is 17.1 Å². The van der Waals surface area contributed by atoms with Crippen molar-refractivity contribution in [2.24, 2.45) is 16.7 Å². The number of allylic oxidation sites excluding steroid dienone is 2. The lowest BCUT2D eigenvalue weighted by atomic mass is 9.58. The van der Waals surface area contributed by atoms with Crippen LogP contribution >= 0.6 is 0 Å². The van der Waals surface area contributed by atoms with E-state index in [2.05, 4.69) is 41.5 Å². The molecule has 0 aromatic heterocycles. The minimum atomic E-state index is -0.152. The van der Waals surface area contributed by atoms with Crippen molar-refractivity contribution in [2.45, 2.75) is 74.1 Å². The maximum Gasteiger partial charge on any atom is 0.136 e. The number of hydrogen-bond acceptors (Lipinski definition) is 1. The number of ketones is 1. The van der Waals surface area contributed by atoms with Crippen LogP contribution in [0.1, 0.15) is 74.1 Å². The van der Waals surface area contributed by atoms with Gasteiger partial charge in [-0.15, -0.1) is 0 Å². The van der Waals surface area contributed by atoms with Crippen molar-refractivity contribution < 1.29 is 4.79 Å². The summed E-state index contributed by atoms with van der Waals surface area (Å²) < 4.78 is 0. The zero-order chi connectivity index (χ0) is 14.1. The molecular weight excluding hydrogens is 220 g/mol. The lowest BCUT2D eigenvalue weighted by Crippen LogP contribution is -2.40. The fourth-order valence-corrected chi connectivity index (χ4v) is 3.49. The fraction of sp³-hybridized carbons (Fsp3) is 0.824. The number of rotatable bonds is 4. The molecule has 0 fully saturated rings. The molecule has 104 valence electrons. The van der Waals surface area contributed by atoms with Crippen LogP contribution in [0.5, 0.6) is 0 Å². The van der Waals surface area contributed by atoms with E-state index in [0.29, 0.717) is 11.7 Å². The van der Waals surface area contributed by atoms with Gasteiger partial charge in [-0.1, -0.05) is 52.7 Å². The highest BCUT2D eigenvalue weighted by atomic mass is 16.1. The second kappa shape index (κ2) is 5.19. The monoisotopic (exact) mass is 250 g/mol. The molecule has 1 heteroatoms. The zero-order valence-electron chi connectivity index (χ0n) is 13.3. The van der Waals surface area contributed by atoms with Crippen LogP contribution in [0.15, 0.2) is 11.1 Å². The summed E-state index contributed by atoms with van der Waals surface area (Å²) in [6.45, 7) is 15.4. The third-order valence-corrected chi connectivity index (χ3v) is 5.56. The molecule has 2 unspecified atom stereocenters. The maximum atomic E-state index is 12.1. The van der Waals surface area contributed by atoms with E-state index in [1.165, 1.54) is 0 Å². The summed E-state index contributed by atoms with van der Waals surface area (Å²) >= 11 is 0. The minimum absolute atomic E-state index is 0.152. The largest absolute Gasteiger partial charge is 0.299 e. The molecule has 1 aliphatic carbocycles. The molecule has 0 amide bonds. The van der Waals surface area contributed by atoms with E-state index in [4.69, 9.17) is 0 Å². The van der Waals surface area contributed by atoms with Gasteiger partial charge in [0.15, 0.2) is 0 Å². The van der Waals surface area contributed by atoms with E-state index >= 15 is 0 Å². The van der Waals surface area contributed by atoms with E-state index in [-0.39, 0.29) is 10.8 Å². The Labute approximate surface area is 113 Å². The molecule has 1 nitrogen and oxygen atoms in total. The quantitative estimate of drug-likeness (QED) is 0.630. The first-order chi connectivity index (χ1) is 8.20. The van der Waals surface area contributed by atoms with Gasteiger partial charge in [-0.05, 0) is 43.9 Å². The van der Waals surface area contributed by atoms with Gasteiger partial charge in [-0.25, -0.2) is 0 Å². The number of carbonyl (C=O) groups is 1. The van der Waals surface area contributed by atoms with Gasteiger partial charge in [0.1, 0.15) is 5.78 Å². The molecule has 2 atom stereocenters. The molecule has 0 heterocycles. The standard InChI is InChI=1S/C17H30O/c1-8-14-10-11-17(7,13(4)18)12(3)15(14)16(5,6)9-2/h12H,8-11H2,1-7H3. The SMILES string of the molecule is CCC1=C(C(C)(C)CC)C(C)C(C)(C(C)=O)CC1. The second-order valence-corrected chi connectivity index (χ2v) is 6.80. The van der Waals surface area contributed by atoms with Crippen LogP contribution in [-0.2, 0) is 4.79 Å². The Morgan fingerprint density at radius 3 is 2.33 bits per heavy atom. The Balaban J connectivity index is 3.31. The number of Topliss-reactive ketones (excluding diaryl/α,β-unsaturated/α-hetero) is 1. The summed E-state index contributed by atoms with van der Waals surface area (Å²) in [6.07, 6.45) is 4.41. The van der Waals surface area contributed by atoms with Crippen molar-refractivity contribution in [1.29, 1.82) is 0 Å². The van der Waals surface area contributed by atoms with Crippen LogP contribution in [0.2, 0.25) is 0 Å². The van der Waals surface area contributed by atoms with Gasteiger partial charge in [-0.3, -0.25) is 4.79 Å². The third kappa shape index (κ3) is 2.41. The Kier molecular flexibility index (Phi) is 4.46. The van der Waals surface area contributed by atoms with Crippen LogP contribution < -0.4 is 0 Å². The molecule has 18 heavy (non-hydrogen) atoms. The van der Waals surface area contributed by atoms with Crippen LogP contribution in [0.4, 0.5) is 0 Å². The van der Waals surface area contributed by atoms with Crippen molar-refractivity contribution in [3.05, 3.63) is 11.1 Å². The number of carbonyl (C=O) groups excluding carboxylic acids is 1. The average Bonchev–Trinajstić information content (AvgIpc) is 2.31. The molecule has 0 aromatic rings. The smallest absolute Gasteiger partial charge is 0.136 e. The fourth-order valence-electron chi connectivity index (χ4n) is 3.49. The first-order valence-corrected chi connectivity index (χ1v) is 7.44. The minimum Gasteiger partial charge on any atom is -0.299 e. The molecule has 0 spiro atoms. The maximum absolute atomic E-state index is 12.1. The van der Waals surface area contributed by atoms with Crippen molar-refractivity contribution >= 4 is 5.78 Å². The van der Waals surface area contributed by atoms with Gasteiger partial charge >= 0.3 is 0 Å². The van der Waals surface area contributed by atoms with Crippen molar-refractivity contribution in [3.8, 4) is 0 Å². The predicted molar refractivity (Wildman–Crippen MR) is 78.6 cm³/mol. The summed E-state index contributed by atoms with van der Waals surface area (Å²) in [4.78, 5) is 12.1. The molecule has 0 saturated heterocycles. The highest BCUT2D eigenvalue weighted by molar-refractivity contribution is 5.83. The normalized spacial score (nSPS) is 29.6. The van der Waals surface area contributed by atoms with Crippen LogP contribution in [0, 0.1) is 16.7 Å². The van der Waals surface area contributed by atoms with E-state index in [1.807, 2.05) is 0 Å². The molecule has 1 rings (SSSR count). The second-order valence-electron chi connectivity index (χ2n) is 6.80. The first kappa shape index (κ1) is 15.5. The summed E-state index contributed by atoms with van der Waals surface area (Å²) in [7, 11) is 0. The molecule has 0 saturated carbocycles. The van der Waals surface area contributed by atoms with Crippen LogP contribution in [-0.4, -0.2) is 5.78 Å². The highest BCUT2D eigenvalue weighted by Crippen LogP contribution is 2.51. The lowest BCUT2D eigenvalue weighted by Gasteiger charge is -2.46. The molecule has 1 aliphatic rings. The average molecular weight is 250 g/mol. The van der Waals surface area contributed by atoms with Gasteiger partial charge in [0.2, 0.25) is 0 Å². The Morgan fingerprint density at radius 1 is 1.39 bits per heavy atom. The molecule has 0 bridgehead atoms. The van der Waals surface area contributed by atoms with Crippen molar-refractivity contribution in [3.63, 3.8) is 0 Å². The summed E-state index contributed by atoms with van der Waals surface area (Å²) in [5.74, 6) is 0.739. The van der Waals surface area contributed by atoms with E-state index in [1.54, 1.807) is 18.1 Å². The van der Waals surface area contributed by atoms with E-state index in [9.17, 15) is 4.79 Å². The van der Waals surface area contributed by atoms with Gasteiger partial charge in [-0.2, -0.15) is 0 Å². The lowest BCUT2D eigenvalue weighted by molar-refractivity contribution is -0.128. The van der Waals surface area contributed by atoms with Crippen molar-refractivity contribution in [1.82, 2.24) is 0 Å². The Bertz CT molecular complexity index is 362. The molecule has 0 N–H and O–H groups in total. The summed E-state index contributed by atoms with van der Waals surface area (Å²) in [5.41, 5.74) is 3.24. The van der Waals surface area contributed by atoms with Crippen LogP contribution in [0.25, 0.3) is 0 Å². The highest BCUT2D eigenvalue weighted by Gasteiger charge is 2.44. The molecule has 0 aliphatic heterocycles. The molecule has 0 aromatic carbocycles. The Hall–Kier alpha value is -0.590. The molecule has 0 radical (unpaired) electrons. The van der Waals surface area contributed by atoms with E-state index in [0.717, 1.165) is 25.7 Å². The van der Waals surface area contributed by atoms with Gasteiger partial charge in [0.25, 0.3) is 0 Å². The number of hydrogen-bond donors (Lipinski definition) is 0. The van der Waals surface area contributed by atoms with Gasteiger partial charge in [0, 0.05) is 5.41 Å². The zero-order valence-corrected chi connectivity index (χ0v) is 13.3. The van der Waals surface area contributed by atoms with Crippen molar-refractivity contribution in [2.75, 3.05) is 0 Å². The Morgan fingerprint density at radius 2 is 1.94 bits per heavy atom. The summed E-state index contributed by atoms with van der Waals surface area (Å²) in [6, 6.07) is 0. The van der Waals surface area contributed by atoms with Crippen LogP contribution in [0.3, 0.4) is 0 Å². The first-order valence-electron chi connectivity index (χ1n) is 7.44.